The first-order valence-corrected chi connectivity index (χ1v) is 9.41. The number of hydrogen-bond donors (Lipinski definition) is 1. The van der Waals surface area contributed by atoms with Crippen LogP contribution in [-0.2, 0) is 29.4 Å². The van der Waals surface area contributed by atoms with Crippen LogP contribution < -0.4 is 4.72 Å². The highest BCUT2D eigenvalue weighted by Crippen LogP contribution is 2.37. The van der Waals surface area contributed by atoms with E-state index in [1.807, 2.05) is 4.72 Å². The molecule has 1 heterocycles. The van der Waals surface area contributed by atoms with Gasteiger partial charge in [-0.1, -0.05) is 12.1 Å². The van der Waals surface area contributed by atoms with Crippen molar-refractivity contribution in [2.75, 3.05) is 4.72 Å². The third-order valence-electron chi connectivity index (χ3n) is 3.86. The Kier molecular flexibility index (Phi) is 5.22. The minimum absolute atomic E-state index is 0.110. The highest BCUT2D eigenvalue weighted by atomic mass is 32.2. The predicted molar refractivity (Wildman–Crippen MR) is 91.5 cm³/mol. The molecular weight excluding hydrogens is 440 g/mol. The maximum Gasteiger partial charge on any atom is 0.416 e. The van der Waals surface area contributed by atoms with Gasteiger partial charge in [0.05, 0.1) is 16.0 Å². The number of alkyl halides is 6. The van der Waals surface area contributed by atoms with Crippen LogP contribution in [0, 0.1) is 0 Å². The lowest BCUT2D eigenvalue weighted by Gasteiger charge is -2.15. The number of tetrazole rings is 1. The van der Waals surface area contributed by atoms with Gasteiger partial charge in [0.1, 0.15) is 0 Å². The normalized spacial score (nSPS) is 12.8. The number of rotatable bonds is 4. The third kappa shape index (κ3) is 4.53. The van der Waals surface area contributed by atoms with E-state index in [-0.39, 0.29) is 29.7 Å². The van der Waals surface area contributed by atoms with Gasteiger partial charge < -0.3 is 0 Å². The Morgan fingerprint density at radius 1 is 0.933 bits per heavy atom. The van der Waals surface area contributed by atoms with Crippen LogP contribution in [0.1, 0.15) is 11.1 Å². The summed E-state index contributed by atoms with van der Waals surface area (Å²) in [5.41, 5.74) is -3.22. The molecule has 0 bridgehead atoms. The number of hydrogen-bond acceptors (Lipinski definition) is 5. The number of nitrogens with zero attached hydrogens (tertiary/aromatic N) is 4. The van der Waals surface area contributed by atoms with E-state index in [0.717, 1.165) is 0 Å². The lowest BCUT2D eigenvalue weighted by Crippen LogP contribution is -2.17. The molecule has 14 heteroatoms. The van der Waals surface area contributed by atoms with Crippen molar-refractivity contribution in [3.05, 3.63) is 53.6 Å². The van der Waals surface area contributed by atoms with E-state index in [1.165, 1.54) is 36.0 Å². The van der Waals surface area contributed by atoms with Gasteiger partial charge in [0.15, 0.2) is 5.82 Å². The molecule has 0 aliphatic carbocycles. The van der Waals surface area contributed by atoms with Gasteiger partial charge in [-0.25, -0.2) is 13.1 Å². The molecule has 3 aromatic rings. The Hall–Kier alpha value is -3.16. The minimum Gasteiger partial charge on any atom is -0.280 e. The molecule has 7 nitrogen and oxygen atoms in total. The first-order valence-electron chi connectivity index (χ1n) is 7.92. The Balaban J connectivity index is 2.03. The molecule has 1 N–H and O–H groups in total. The van der Waals surface area contributed by atoms with Crippen molar-refractivity contribution in [1.29, 1.82) is 0 Å². The van der Waals surface area contributed by atoms with Gasteiger partial charge in [-0.3, -0.25) is 4.72 Å². The molecule has 3 rings (SSSR count). The summed E-state index contributed by atoms with van der Waals surface area (Å²) in [6.07, 6.45) is -10.4. The van der Waals surface area contributed by atoms with Crippen LogP contribution in [0.5, 0.6) is 0 Å². The molecule has 0 fully saturated rings. The zero-order chi connectivity index (χ0) is 22.3. The standard InChI is InChI=1S/C16H11F6N5O2S/c1-27-14(23-25-26-27)9-3-2-4-12(5-9)24-30(28,29)13-7-10(15(17,18)19)6-11(8-13)16(20,21)22/h2-8,24H,1H3. The molecule has 0 aliphatic heterocycles. The summed E-state index contributed by atoms with van der Waals surface area (Å²) < 4.78 is 106. The topological polar surface area (TPSA) is 89.8 Å². The zero-order valence-electron chi connectivity index (χ0n) is 14.8. The van der Waals surface area contributed by atoms with Gasteiger partial charge in [-0.2, -0.15) is 26.3 Å². The summed E-state index contributed by atoms with van der Waals surface area (Å²) in [4.78, 5) is -1.18. The van der Waals surface area contributed by atoms with E-state index in [4.69, 9.17) is 0 Å². The van der Waals surface area contributed by atoms with E-state index < -0.39 is 38.4 Å². The molecule has 30 heavy (non-hydrogen) atoms. The monoisotopic (exact) mass is 451 g/mol. The van der Waals surface area contributed by atoms with Crippen LogP contribution in [0.3, 0.4) is 0 Å². The summed E-state index contributed by atoms with van der Waals surface area (Å²) in [6, 6.07) is 5.61. The number of sulfonamides is 1. The lowest BCUT2D eigenvalue weighted by molar-refractivity contribution is -0.143. The van der Waals surface area contributed by atoms with Crippen molar-refractivity contribution in [2.45, 2.75) is 17.2 Å². The smallest absolute Gasteiger partial charge is 0.280 e. The van der Waals surface area contributed by atoms with Crippen LogP contribution in [0.2, 0.25) is 0 Å². The van der Waals surface area contributed by atoms with Crippen LogP contribution in [0.4, 0.5) is 32.0 Å². The quantitative estimate of drug-likeness (QED) is 0.611. The summed E-state index contributed by atoms with van der Waals surface area (Å²) in [6.45, 7) is 0. The highest BCUT2D eigenvalue weighted by molar-refractivity contribution is 7.92. The van der Waals surface area contributed by atoms with E-state index in [0.29, 0.717) is 5.56 Å². The van der Waals surface area contributed by atoms with Crippen molar-refractivity contribution < 1.29 is 34.8 Å². The first-order chi connectivity index (χ1) is 13.8. The number of anilines is 1. The molecule has 0 aliphatic rings. The highest BCUT2D eigenvalue weighted by Gasteiger charge is 2.38. The Labute approximate surface area is 165 Å². The van der Waals surface area contributed by atoms with Crippen LogP contribution in [0.15, 0.2) is 47.4 Å². The van der Waals surface area contributed by atoms with E-state index in [1.54, 1.807) is 0 Å². The summed E-state index contributed by atoms with van der Waals surface area (Å²) in [7, 11) is -3.26. The van der Waals surface area contributed by atoms with Crippen LogP contribution in [0.25, 0.3) is 11.4 Å². The maximum absolute atomic E-state index is 13.0. The van der Waals surface area contributed by atoms with Crippen molar-refractivity contribution in [1.82, 2.24) is 20.2 Å². The predicted octanol–water partition coefficient (Wildman–Crippen LogP) is 3.72. The van der Waals surface area contributed by atoms with Gasteiger partial charge >= 0.3 is 12.4 Å². The maximum atomic E-state index is 13.0. The molecule has 2 aromatic carbocycles. The number of aromatic nitrogens is 4. The molecular formula is C16H11F6N5O2S. The molecule has 160 valence electrons. The Bertz CT molecular complexity index is 1160. The minimum atomic E-state index is -5.18. The molecule has 0 spiro atoms. The molecule has 0 amide bonds. The average Bonchev–Trinajstić information content (AvgIpc) is 3.06. The number of benzene rings is 2. The number of aryl methyl sites for hydroxylation is 1. The second kappa shape index (κ2) is 7.27. The van der Waals surface area contributed by atoms with Gasteiger partial charge in [-0.05, 0) is 40.8 Å². The van der Waals surface area contributed by atoms with Crippen molar-refractivity contribution in [3.63, 3.8) is 0 Å². The fourth-order valence-corrected chi connectivity index (χ4v) is 3.61. The van der Waals surface area contributed by atoms with Crippen LogP contribution in [-0.4, -0.2) is 28.6 Å². The fraction of sp³-hybridized carbons (Fsp3) is 0.188. The average molecular weight is 451 g/mol. The molecule has 0 saturated carbocycles. The summed E-state index contributed by atoms with van der Waals surface area (Å²) >= 11 is 0. The van der Waals surface area contributed by atoms with Gasteiger partial charge in [0, 0.05) is 18.3 Å². The van der Waals surface area contributed by atoms with Crippen molar-refractivity contribution in [3.8, 4) is 11.4 Å². The second-order valence-corrected chi connectivity index (χ2v) is 7.74. The zero-order valence-corrected chi connectivity index (χ0v) is 15.6. The molecule has 0 radical (unpaired) electrons. The second-order valence-electron chi connectivity index (χ2n) is 6.05. The van der Waals surface area contributed by atoms with E-state index in [9.17, 15) is 34.8 Å². The summed E-state index contributed by atoms with van der Waals surface area (Å²) in [5, 5.41) is 10.8. The lowest BCUT2D eigenvalue weighted by atomic mass is 10.1. The van der Waals surface area contributed by atoms with E-state index in [2.05, 4.69) is 15.5 Å². The van der Waals surface area contributed by atoms with Gasteiger partial charge in [0.25, 0.3) is 10.0 Å². The van der Waals surface area contributed by atoms with Gasteiger partial charge in [0.2, 0.25) is 0 Å². The van der Waals surface area contributed by atoms with Crippen molar-refractivity contribution >= 4 is 15.7 Å². The van der Waals surface area contributed by atoms with Gasteiger partial charge in [-0.15, -0.1) is 5.10 Å². The van der Waals surface area contributed by atoms with E-state index >= 15 is 0 Å². The molecule has 0 saturated heterocycles. The Morgan fingerprint density at radius 2 is 1.53 bits per heavy atom. The van der Waals surface area contributed by atoms with Crippen molar-refractivity contribution in [2.24, 2.45) is 7.05 Å². The first kappa shape index (κ1) is 21.5. The number of nitrogens with one attached hydrogen (secondary N) is 1. The number of halogens is 6. The Morgan fingerprint density at radius 3 is 2.03 bits per heavy atom. The summed E-state index contributed by atoms with van der Waals surface area (Å²) in [5.74, 6) is 0.259. The third-order valence-corrected chi connectivity index (χ3v) is 5.23. The molecule has 1 aromatic heterocycles. The fourth-order valence-electron chi connectivity index (χ4n) is 2.49. The SMILES string of the molecule is Cn1nnnc1-c1cccc(NS(=O)(=O)c2cc(C(F)(F)F)cc(C(F)(F)F)c2)c1. The van der Waals surface area contributed by atoms with Crippen LogP contribution >= 0.6 is 0 Å². The largest absolute Gasteiger partial charge is 0.416 e. The molecule has 0 atom stereocenters. The molecule has 0 unspecified atom stereocenters.